The lowest BCUT2D eigenvalue weighted by Gasteiger charge is -2.08. The Kier molecular flexibility index (Phi) is 9.60. The lowest BCUT2D eigenvalue weighted by Crippen LogP contribution is -2.25. The molecule has 0 spiro atoms. The zero-order valence-corrected chi connectivity index (χ0v) is 8.72. The van der Waals surface area contributed by atoms with E-state index in [9.17, 15) is 0 Å². The van der Waals surface area contributed by atoms with E-state index in [1.807, 2.05) is 0 Å². The molecule has 0 aromatic rings. The fraction of sp³-hybridized carbons (Fsp3) is 1.00. The van der Waals surface area contributed by atoms with Gasteiger partial charge in [0.25, 0.3) is 0 Å². The molecule has 0 saturated heterocycles. The molecule has 0 bridgehead atoms. The lowest BCUT2D eigenvalue weighted by atomic mass is 10.2. The van der Waals surface area contributed by atoms with Gasteiger partial charge in [0.1, 0.15) is 0 Å². The van der Waals surface area contributed by atoms with Crippen LogP contribution in [0.4, 0.5) is 0 Å². The maximum atomic E-state index is 5.93. The molecule has 0 saturated carbocycles. The van der Waals surface area contributed by atoms with E-state index >= 15 is 0 Å². The molecule has 11 heavy (non-hydrogen) atoms. The molecule has 0 aliphatic heterocycles. The van der Waals surface area contributed by atoms with Gasteiger partial charge in [-0.05, 0) is 12.8 Å². The number of nitrogens with one attached hydrogen (secondary N) is 1. The van der Waals surface area contributed by atoms with E-state index in [0.717, 1.165) is 25.9 Å². The third-order valence-electron chi connectivity index (χ3n) is 1.29. The maximum Gasteiger partial charge on any atom is 0.0461 e. The van der Waals surface area contributed by atoms with Crippen molar-refractivity contribution in [2.75, 3.05) is 24.8 Å². The first-order chi connectivity index (χ1) is 5.31. The van der Waals surface area contributed by atoms with Crippen molar-refractivity contribution in [3.05, 3.63) is 0 Å². The summed E-state index contributed by atoms with van der Waals surface area (Å²) in [6.07, 6.45) is 1.96. The average Bonchev–Trinajstić information content (AvgIpc) is 2.01. The molecular formula is C7H14Cl3N. The third kappa shape index (κ3) is 8.74. The van der Waals surface area contributed by atoms with Crippen LogP contribution in [0.1, 0.15) is 12.8 Å². The lowest BCUT2D eigenvalue weighted by molar-refractivity contribution is 0.643. The molecule has 68 valence electrons. The fourth-order valence-electron chi connectivity index (χ4n) is 0.726. The number of alkyl halides is 3. The minimum atomic E-state index is 0.192. The summed E-state index contributed by atoms with van der Waals surface area (Å²) in [5.41, 5.74) is 0. The summed E-state index contributed by atoms with van der Waals surface area (Å²) in [4.78, 5) is 0. The van der Waals surface area contributed by atoms with Gasteiger partial charge in [-0.25, -0.2) is 0 Å². The molecule has 0 aromatic carbocycles. The summed E-state index contributed by atoms with van der Waals surface area (Å²) >= 11 is 16.9. The highest BCUT2D eigenvalue weighted by Gasteiger charge is 2.01. The third-order valence-corrected chi connectivity index (χ3v) is 2.12. The Hall–Kier alpha value is 0.830. The highest BCUT2D eigenvalue weighted by molar-refractivity contribution is 6.21. The molecule has 0 heterocycles. The van der Waals surface area contributed by atoms with Crippen molar-refractivity contribution in [2.45, 2.75) is 18.2 Å². The molecule has 4 heteroatoms. The van der Waals surface area contributed by atoms with Crippen molar-refractivity contribution < 1.29 is 0 Å². The largest absolute Gasteiger partial charge is 0.314 e. The Morgan fingerprint density at radius 2 is 1.91 bits per heavy atom. The van der Waals surface area contributed by atoms with Crippen LogP contribution in [0.5, 0.6) is 0 Å². The molecule has 0 aliphatic carbocycles. The predicted octanol–water partition coefficient (Wildman–Crippen LogP) is 2.44. The van der Waals surface area contributed by atoms with Crippen LogP contribution in [0.25, 0.3) is 0 Å². The SMILES string of the molecule is ClCCCC(Cl)CNCCCl. The first kappa shape index (κ1) is 11.8. The van der Waals surface area contributed by atoms with Crippen LogP contribution in [-0.2, 0) is 0 Å². The predicted molar refractivity (Wildman–Crippen MR) is 53.2 cm³/mol. The van der Waals surface area contributed by atoms with E-state index in [-0.39, 0.29) is 5.38 Å². The summed E-state index contributed by atoms with van der Waals surface area (Å²) in [6, 6.07) is 0. The average molecular weight is 219 g/mol. The number of halogens is 3. The Labute approximate surface area is 83.4 Å². The van der Waals surface area contributed by atoms with Crippen LogP contribution in [-0.4, -0.2) is 30.2 Å². The quantitative estimate of drug-likeness (QED) is 0.511. The minimum absolute atomic E-state index is 0.192. The highest BCUT2D eigenvalue weighted by atomic mass is 35.5. The molecule has 1 unspecified atom stereocenters. The van der Waals surface area contributed by atoms with Crippen molar-refractivity contribution in [1.29, 1.82) is 0 Å². The van der Waals surface area contributed by atoms with Gasteiger partial charge in [0, 0.05) is 30.2 Å². The van der Waals surface area contributed by atoms with Gasteiger partial charge in [0.15, 0.2) is 0 Å². The van der Waals surface area contributed by atoms with E-state index in [4.69, 9.17) is 34.8 Å². The monoisotopic (exact) mass is 217 g/mol. The van der Waals surface area contributed by atoms with Crippen LogP contribution < -0.4 is 5.32 Å². The summed E-state index contributed by atoms with van der Waals surface area (Å²) in [6.45, 7) is 1.65. The summed E-state index contributed by atoms with van der Waals surface area (Å²) in [7, 11) is 0. The molecule has 0 fully saturated rings. The van der Waals surface area contributed by atoms with Crippen molar-refractivity contribution in [3.63, 3.8) is 0 Å². The summed E-state index contributed by atoms with van der Waals surface area (Å²) < 4.78 is 0. The Balaban J connectivity index is 3.02. The molecule has 0 rings (SSSR count). The molecule has 0 aliphatic rings. The fourth-order valence-corrected chi connectivity index (χ4v) is 1.28. The van der Waals surface area contributed by atoms with Gasteiger partial charge in [0.05, 0.1) is 0 Å². The molecular weight excluding hydrogens is 204 g/mol. The van der Waals surface area contributed by atoms with Gasteiger partial charge in [-0.2, -0.15) is 0 Å². The first-order valence-corrected chi connectivity index (χ1v) is 5.28. The van der Waals surface area contributed by atoms with Crippen LogP contribution >= 0.6 is 34.8 Å². The normalized spacial score (nSPS) is 13.4. The van der Waals surface area contributed by atoms with E-state index in [1.54, 1.807) is 0 Å². The second kappa shape index (κ2) is 8.92. The number of hydrogen-bond acceptors (Lipinski definition) is 1. The Morgan fingerprint density at radius 1 is 1.18 bits per heavy atom. The van der Waals surface area contributed by atoms with E-state index < -0.39 is 0 Å². The first-order valence-electron chi connectivity index (χ1n) is 3.78. The van der Waals surface area contributed by atoms with Crippen LogP contribution in [0, 0.1) is 0 Å². The second-order valence-corrected chi connectivity index (χ2v) is 3.69. The molecule has 1 nitrogen and oxygen atoms in total. The van der Waals surface area contributed by atoms with Gasteiger partial charge < -0.3 is 5.32 Å². The zero-order chi connectivity index (χ0) is 8.53. The van der Waals surface area contributed by atoms with Gasteiger partial charge in [-0.15, -0.1) is 34.8 Å². The summed E-state index contributed by atoms with van der Waals surface area (Å²) in [5.74, 6) is 1.33. The number of hydrogen-bond donors (Lipinski definition) is 1. The molecule has 0 aromatic heterocycles. The number of rotatable bonds is 7. The summed E-state index contributed by atoms with van der Waals surface area (Å²) in [5, 5.41) is 3.33. The Bertz CT molecular complexity index is 80.1. The van der Waals surface area contributed by atoms with E-state index in [0.29, 0.717) is 11.8 Å². The molecule has 1 N–H and O–H groups in total. The molecule has 1 atom stereocenters. The van der Waals surface area contributed by atoms with Crippen LogP contribution in [0.2, 0.25) is 0 Å². The smallest absolute Gasteiger partial charge is 0.0461 e. The van der Waals surface area contributed by atoms with Gasteiger partial charge in [-0.1, -0.05) is 0 Å². The maximum absolute atomic E-state index is 5.93. The van der Waals surface area contributed by atoms with Crippen molar-refractivity contribution >= 4 is 34.8 Å². The second-order valence-electron chi connectivity index (χ2n) is 2.32. The topological polar surface area (TPSA) is 12.0 Å². The molecule has 0 radical (unpaired) electrons. The molecule has 0 amide bonds. The highest BCUT2D eigenvalue weighted by Crippen LogP contribution is 2.04. The van der Waals surface area contributed by atoms with Crippen molar-refractivity contribution in [3.8, 4) is 0 Å². The van der Waals surface area contributed by atoms with Gasteiger partial charge in [0.2, 0.25) is 0 Å². The van der Waals surface area contributed by atoms with E-state index in [2.05, 4.69) is 5.32 Å². The standard InChI is InChI=1S/C7H14Cl3N/c8-3-1-2-7(10)6-11-5-4-9/h7,11H,1-6H2. The van der Waals surface area contributed by atoms with Gasteiger partial charge >= 0.3 is 0 Å². The van der Waals surface area contributed by atoms with Crippen LogP contribution in [0.15, 0.2) is 0 Å². The Morgan fingerprint density at radius 3 is 2.45 bits per heavy atom. The van der Waals surface area contributed by atoms with Crippen molar-refractivity contribution in [1.82, 2.24) is 5.32 Å². The van der Waals surface area contributed by atoms with Gasteiger partial charge in [-0.3, -0.25) is 0 Å². The zero-order valence-electron chi connectivity index (χ0n) is 6.45. The van der Waals surface area contributed by atoms with Crippen molar-refractivity contribution in [2.24, 2.45) is 0 Å². The van der Waals surface area contributed by atoms with E-state index in [1.165, 1.54) is 0 Å². The minimum Gasteiger partial charge on any atom is -0.314 e. The van der Waals surface area contributed by atoms with Crippen LogP contribution in [0.3, 0.4) is 0 Å².